The maximum absolute atomic E-state index is 14.0. The third-order valence-electron chi connectivity index (χ3n) is 5.25. The fourth-order valence-corrected chi connectivity index (χ4v) is 3.87. The van der Waals surface area contributed by atoms with E-state index >= 15 is 0 Å². The number of hydrogen-bond donors (Lipinski definition) is 1. The molecule has 1 unspecified atom stereocenters. The molecule has 108 valence electrons. The number of fused-ring (bicyclic) bond motifs is 1. The molecule has 2 heteroatoms. The van der Waals surface area contributed by atoms with E-state index in [-0.39, 0.29) is 5.82 Å². The molecule has 2 aromatic rings. The van der Waals surface area contributed by atoms with Crippen molar-refractivity contribution >= 4 is 0 Å². The number of halogens is 1. The summed E-state index contributed by atoms with van der Waals surface area (Å²) in [7, 11) is 0. The Kier molecular flexibility index (Phi) is 2.90. The lowest BCUT2D eigenvalue weighted by atomic mass is 9.74. The molecule has 21 heavy (non-hydrogen) atoms. The molecule has 0 heterocycles. The minimum atomic E-state index is -1.02. The van der Waals surface area contributed by atoms with Crippen LogP contribution in [-0.2, 0) is 12.0 Å². The zero-order valence-electron chi connectivity index (χ0n) is 12.0. The summed E-state index contributed by atoms with van der Waals surface area (Å²) in [5.41, 5.74) is 2.66. The molecule has 2 aliphatic carbocycles. The predicted octanol–water partition coefficient (Wildman–Crippen LogP) is 4.28. The van der Waals surface area contributed by atoms with Crippen molar-refractivity contribution in [1.29, 1.82) is 0 Å². The molecule has 0 bridgehead atoms. The maximum atomic E-state index is 14.0. The largest absolute Gasteiger partial charge is 0.380 e. The normalized spacial score (nSPS) is 24.7. The van der Waals surface area contributed by atoms with E-state index in [0.29, 0.717) is 24.3 Å². The molecule has 0 aliphatic heterocycles. The summed E-state index contributed by atoms with van der Waals surface area (Å²) in [6, 6.07) is 13.2. The van der Waals surface area contributed by atoms with E-state index in [9.17, 15) is 9.50 Å². The third-order valence-corrected chi connectivity index (χ3v) is 5.25. The lowest BCUT2D eigenvalue weighted by Gasteiger charge is -2.33. The van der Waals surface area contributed by atoms with Crippen molar-refractivity contribution in [2.75, 3.05) is 0 Å². The molecule has 0 aromatic heterocycles. The summed E-state index contributed by atoms with van der Waals surface area (Å²) >= 11 is 0. The highest BCUT2D eigenvalue weighted by molar-refractivity contribution is 5.49. The summed E-state index contributed by atoms with van der Waals surface area (Å²) in [6.45, 7) is 0. The zero-order chi connectivity index (χ0) is 14.4. The quantitative estimate of drug-likeness (QED) is 0.872. The second-order valence-electron chi connectivity index (χ2n) is 6.34. The fourth-order valence-electron chi connectivity index (χ4n) is 3.87. The molecule has 0 amide bonds. The van der Waals surface area contributed by atoms with Gasteiger partial charge in [0, 0.05) is 0 Å². The number of rotatable bonds is 2. The molecular weight excluding hydrogens is 263 g/mol. The van der Waals surface area contributed by atoms with Crippen molar-refractivity contribution in [2.24, 2.45) is 0 Å². The van der Waals surface area contributed by atoms with Gasteiger partial charge in [0.1, 0.15) is 11.4 Å². The topological polar surface area (TPSA) is 20.2 Å². The Labute approximate surface area is 124 Å². The number of benzene rings is 2. The predicted molar refractivity (Wildman–Crippen MR) is 80.8 cm³/mol. The summed E-state index contributed by atoms with van der Waals surface area (Å²) in [5.74, 6) is 0.368. The summed E-state index contributed by atoms with van der Waals surface area (Å²) < 4.78 is 14.0. The minimum absolute atomic E-state index is 0.190. The van der Waals surface area contributed by atoms with E-state index in [2.05, 4.69) is 6.07 Å². The molecule has 0 spiro atoms. The van der Waals surface area contributed by atoms with Crippen molar-refractivity contribution in [2.45, 2.75) is 43.6 Å². The van der Waals surface area contributed by atoms with Crippen molar-refractivity contribution in [3.8, 4) is 0 Å². The summed E-state index contributed by atoms with van der Waals surface area (Å²) in [6.07, 6.45) is 4.85. The van der Waals surface area contributed by atoms with Crippen molar-refractivity contribution in [1.82, 2.24) is 0 Å². The molecule has 0 radical (unpaired) electrons. The van der Waals surface area contributed by atoms with E-state index in [1.807, 2.05) is 24.3 Å². The molecule has 1 atom stereocenters. The lowest BCUT2D eigenvalue weighted by molar-refractivity contribution is 0.0809. The van der Waals surface area contributed by atoms with Gasteiger partial charge in [-0.1, -0.05) is 42.8 Å². The van der Waals surface area contributed by atoms with E-state index in [0.717, 1.165) is 11.1 Å². The van der Waals surface area contributed by atoms with Crippen LogP contribution >= 0.6 is 0 Å². The van der Waals surface area contributed by atoms with Crippen LogP contribution in [0.25, 0.3) is 0 Å². The van der Waals surface area contributed by atoms with Gasteiger partial charge < -0.3 is 5.11 Å². The smallest absolute Gasteiger partial charge is 0.126 e. The molecule has 1 nitrogen and oxygen atoms in total. The molecule has 1 N–H and O–H groups in total. The third kappa shape index (κ3) is 1.86. The van der Waals surface area contributed by atoms with Gasteiger partial charge in [-0.3, -0.25) is 0 Å². The van der Waals surface area contributed by atoms with Gasteiger partial charge in [-0.15, -0.1) is 0 Å². The van der Waals surface area contributed by atoms with Gasteiger partial charge in [-0.05, 0) is 59.9 Å². The molecule has 0 saturated heterocycles. The second-order valence-corrected chi connectivity index (χ2v) is 6.34. The van der Waals surface area contributed by atoms with Gasteiger partial charge in [0.05, 0.1) is 0 Å². The molecule has 1 fully saturated rings. The van der Waals surface area contributed by atoms with Gasteiger partial charge in [0.25, 0.3) is 0 Å². The maximum Gasteiger partial charge on any atom is 0.126 e. The van der Waals surface area contributed by atoms with E-state index in [4.69, 9.17) is 0 Å². The van der Waals surface area contributed by atoms with E-state index < -0.39 is 5.60 Å². The zero-order valence-corrected chi connectivity index (χ0v) is 12.0. The van der Waals surface area contributed by atoms with Crippen molar-refractivity contribution in [3.63, 3.8) is 0 Å². The van der Waals surface area contributed by atoms with Crippen molar-refractivity contribution < 1.29 is 9.50 Å². The highest BCUT2D eigenvalue weighted by atomic mass is 19.1. The average molecular weight is 282 g/mol. The average Bonchev–Trinajstić information content (AvgIpc) is 2.78. The van der Waals surface area contributed by atoms with Crippen LogP contribution in [0.5, 0.6) is 0 Å². The first-order chi connectivity index (χ1) is 10.2. The van der Waals surface area contributed by atoms with E-state index in [1.165, 1.54) is 30.9 Å². The Morgan fingerprint density at radius 3 is 2.52 bits per heavy atom. The molecule has 4 rings (SSSR count). The molecular formula is C19H19FO. The Morgan fingerprint density at radius 2 is 1.76 bits per heavy atom. The van der Waals surface area contributed by atoms with Crippen LogP contribution < -0.4 is 0 Å². The van der Waals surface area contributed by atoms with Gasteiger partial charge in [0.15, 0.2) is 0 Å². The van der Waals surface area contributed by atoms with Gasteiger partial charge in [-0.2, -0.15) is 0 Å². The standard InChI is InChI=1S/C19H19FO/c20-18-10-4-9-17-15(18)11-12-19(17,21)16-8-2-1-7-14(16)13-5-3-6-13/h1-2,4,7-10,13,21H,3,5-6,11-12H2. The van der Waals surface area contributed by atoms with Crippen LogP contribution in [0.1, 0.15) is 53.9 Å². The molecule has 2 aromatic carbocycles. The van der Waals surface area contributed by atoms with Crippen LogP contribution in [0.2, 0.25) is 0 Å². The van der Waals surface area contributed by atoms with E-state index in [1.54, 1.807) is 6.07 Å². The van der Waals surface area contributed by atoms with Crippen molar-refractivity contribution in [3.05, 3.63) is 70.5 Å². The highest BCUT2D eigenvalue weighted by Crippen LogP contribution is 2.47. The first-order valence-corrected chi connectivity index (χ1v) is 7.80. The van der Waals surface area contributed by atoms with Crippen LogP contribution in [-0.4, -0.2) is 5.11 Å². The number of hydrogen-bond acceptors (Lipinski definition) is 1. The second kappa shape index (κ2) is 4.67. The Hall–Kier alpha value is -1.67. The van der Waals surface area contributed by atoms with Crippen LogP contribution in [0.4, 0.5) is 4.39 Å². The monoisotopic (exact) mass is 282 g/mol. The van der Waals surface area contributed by atoms with Gasteiger partial charge in [0.2, 0.25) is 0 Å². The first-order valence-electron chi connectivity index (χ1n) is 7.80. The minimum Gasteiger partial charge on any atom is -0.380 e. The van der Waals surface area contributed by atoms with Gasteiger partial charge in [-0.25, -0.2) is 4.39 Å². The van der Waals surface area contributed by atoms with Crippen LogP contribution in [0, 0.1) is 5.82 Å². The summed E-state index contributed by atoms with van der Waals surface area (Å²) in [4.78, 5) is 0. The summed E-state index contributed by atoms with van der Waals surface area (Å²) in [5, 5.41) is 11.3. The number of aliphatic hydroxyl groups is 1. The lowest BCUT2D eigenvalue weighted by Crippen LogP contribution is -2.27. The SMILES string of the molecule is OC1(c2ccccc2C2CCC2)CCc2c(F)cccc21. The highest BCUT2D eigenvalue weighted by Gasteiger charge is 2.41. The Morgan fingerprint density at radius 1 is 1.00 bits per heavy atom. The van der Waals surface area contributed by atoms with Gasteiger partial charge >= 0.3 is 0 Å². The van der Waals surface area contributed by atoms with Crippen LogP contribution in [0.15, 0.2) is 42.5 Å². The fraction of sp³-hybridized carbons (Fsp3) is 0.368. The van der Waals surface area contributed by atoms with Crippen LogP contribution in [0.3, 0.4) is 0 Å². The first kappa shape index (κ1) is 13.0. The Balaban J connectivity index is 1.87. The Bertz CT molecular complexity index is 690. The molecule has 1 saturated carbocycles. The molecule has 2 aliphatic rings.